The standard InChI is InChI=1S/C16H21ClN2O3/c17-10-1-3-11(4-2-10)22-9-16(21)19-15-8-14(18-5-6-20)12-7-13(12)15/h1-4,12-15,18,20H,5-9H2,(H,19,21)/t12?,13?,14-,15+/m1/s1. The number of hydrogen-bond donors (Lipinski definition) is 3. The van der Waals surface area contributed by atoms with E-state index in [1.807, 2.05) is 0 Å². The minimum Gasteiger partial charge on any atom is -0.484 e. The van der Waals surface area contributed by atoms with Gasteiger partial charge >= 0.3 is 0 Å². The van der Waals surface area contributed by atoms with Crippen LogP contribution in [0.15, 0.2) is 24.3 Å². The molecule has 2 aliphatic carbocycles. The molecule has 22 heavy (non-hydrogen) atoms. The van der Waals surface area contributed by atoms with Gasteiger partial charge in [-0.3, -0.25) is 4.79 Å². The summed E-state index contributed by atoms with van der Waals surface area (Å²) >= 11 is 5.80. The van der Waals surface area contributed by atoms with Crippen molar-refractivity contribution in [1.82, 2.24) is 10.6 Å². The topological polar surface area (TPSA) is 70.6 Å². The van der Waals surface area contributed by atoms with Crippen molar-refractivity contribution in [3.8, 4) is 5.75 Å². The molecule has 1 aromatic carbocycles. The van der Waals surface area contributed by atoms with Crippen LogP contribution in [-0.4, -0.2) is 42.9 Å². The van der Waals surface area contributed by atoms with Gasteiger partial charge in [-0.2, -0.15) is 0 Å². The first-order chi connectivity index (χ1) is 10.7. The molecule has 3 rings (SSSR count). The maximum atomic E-state index is 12.0. The van der Waals surface area contributed by atoms with Crippen LogP contribution in [-0.2, 0) is 4.79 Å². The number of hydrogen-bond acceptors (Lipinski definition) is 4. The Hall–Kier alpha value is -1.30. The summed E-state index contributed by atoms with van der Waals surface area (Å²) in [6, 6.07) is 7.60. The highest BCUT2D eigenvalue weighted by Gasteiger charge is 2.54. The Morgan fingerprint density at radius 3 is 2.68 bits per heavy atom. The fraction of sp³-hybridized carbons (Fsp3) is 0.562. The fourth-order valence-corrected chi connectivity index (χ4v) is 3.49. The van der Waals surface area contributed by atoms with Gasteiger partial charge in [0, 0.05) is 23.7 Å². The zero-order valence-electron chi connectivity index (χ0n) is 12.3. The largest absolute Gasteiger partial charge is 0.484 e. The molecule has 0 bridgehead atoms. The van der Waals surface area contributed by atoms with Gasteiger partial charge in [-0.1, -0.05) is 11.6 Å². The molecule has 0 heterocycles. The SMILES string of the molecule is O=C(COc1ccc(Cl)cc1)N[C@H]1C[C@@H](NCCO)C2CC21. The molecule has 0 radical (unpaired) electrons. The first-order valence-corrected chi connectivity index (χ1v) is 8.07. The van der Waals surface area contributed by atoms with Crippen LogP contribution < -0.4 is 15.4 Å². The van der Waals surface area contributed by atoms with Crippen LogP contribution in [0, 0.1) is 11.8 Å². The highest BCUT2D eigenvalue weighted by atomic mass is 35.5. The summed E-state index contributed by atoms with van der Waals surface area (Å²) in [6.07, 6.45) is 2.09. The van der Waals surface area contributed by atoms with E-state index in [0.717, 1.165) is 12.8 Å². The molecular weight excluding hydrogens is 304 g/mol. The van der Waals surface area contributed by atoms with Crippen molar-refractivity contribution < 1.29 is 14.6 Å². The molecule has 0 aromatic heterocycles. The second-order valence-corrected chi connectivity index (χ2v) is 6.44. The van der Waals surface area contributed by atoms with Gasteiger partial charge in [0.05, 0.1) is 6.61 Å². The summed E-state index contributed by atoms with van der Waals surface area (Å²) in [7, 11) is 0. The van der Waals surface area contributed by atoms with Gasteiger partial charge in [-0.15, -0.1) is 0 Å². The average Bonchev–Trinajstić information content (AvgIpc) is 3.24. The highest BCUT2D eigenvalue weighted by Crippen LogP contribution is 2.51. The number of nitrogens with one attached hydrogen (secondary N) is 2. The molecular formula is C16H21ClN2O3. The van der Waals surface area contributed by atoms with Gasteiger partial charge in [0.2, 0.25) is 0 Å². The fourth-order valence-electron chi connectivity index (χ4n) is 3.36. The molecule has 1 aromatic rings. The minimum absolute atomic E-state index is 0.0181. The molecule has 120 valence electrons. The number of aliphatic hydroxyl groups is 1. The number of rotatable bonds is 7. The summed E-state index contributed by atoms with van der Waals surface area (Å²) in [5.74, 6) is 1.77. The molecule has 2 fully saturated rings. The summed E-state index contributed by atoms with van der Waals surface area (Å²) in [5.41, 5.74) is 0. The van der Waals surface area contributed by atoms with Crippen LogP contribution in [0.4, 0.5) is 0 Å². The molecule has 6 heteroatoms. The molecule has 0 saturated heterocycles. The Balaban J connectivity index is 1.42. The quantitative estimate of drug-likeness (QED) is 0.705. The first-order valence-electron chi connectivity index (χ1n) is 7.69. The summed E-state index contributed by atoms with van der Waals surface area (Å²) in [6.45, 7) is 0.790. The molecule has 0 aliphatic heterocycles. The molecule has 3 N–H and O–H groups in total. The van der Waals surface area contributed by atoms with Crippen molar-refractivity contribution in [3.63, 3.8) is 0 Å². The molecule has 4 atom stereocenters. The Bertz CT molecular complexity index is 523. The van der Waals surface area contributed by atoms with Crippen molar-refractivity contribution in [2.24, 2.45) is 11.8 Å². The molecule has 2 saturated carbocycles. The van der Waals surface area contributed by atoms with Gasteiger partial charge in [-0.25, -0.2) is 0 Å². The average molecular weight is 325 g/mol. The molecule has 5 nitrogen and oxygen atoms in total. The van der Waals surface area contributed by atoms with Crippen molar-refractivity contribution in [2.45, 2.75) is 24.9 Å². The molecule has 2 aliphatic rings. The van der Waals surface area contributed by atoms with Crippen molar-refractivity contribution in [1.29, 1.82) is 0 Å². The van der Waals surface area contributed by atoms with E-state index in [0.29, 0.717) is 35.2 Å². The van der Waals surface area contributed by atoms with Crippen LogP contribution in [0.25, 0.3) is 0 Å². The lowest BCUT2D eigenvalue weighted by Gasteiger charge is -2.18. The Morgan fingerprint density at radius 1 is 1.23 bits per heavy atom. The third-order valence-corrected chi connectivity index (χ3v) is 4.73. The third kappa shape index (κ3) is 3.72. The van der Waals surface area contributed by atoms with Gasteiger partial charge in [0.15, 0.2) is 6.61 Å². The van der Waals surface area contributed by atoms with E-state index in [2.05, 4.69) is 10.6 Å². The maximum absolute atomic E-state index is 12.0. The highest BCUT2D eigenvalue weighted by molar-refractivity contribution is 6.30. The van der Waals surface area contributed by atoms with Gasteiger partial charge in [-0.05, 0) is 48.9 Å². The zero-order chi connectivity index (χ0) is 15.5. The lowest BCUT2D eigenvalue weighted by Crippen LogP contribution is -2.40. The number of halogens is 1. The van der Waals surface area contributed by atoms with E-state index in [-0.39, 0.29) is 25.2 Å². The number of carbonyl (C=O) groups is 1. The van der Waals surface area contributed by atoms with E-state index < -0.39 is 0 Å². The summed E-state index contributed by atoms with van der Waals surface area (Å²) in [4.78, 5) is 12.0. The Labute approximate surface area is 135 Å². The Morgan fingerprint density at radius 2 is 1.95 bits per heavy atom. The summed E-state index contributed by atoms with van der Waals surface area (Å²) in [5, 5.41) is 15.9. The van der Waals surface area contributed by atoms with E-state index in [1.165, 1.54) is 0 Å². The van der Waals surface area contributed by atoms with Gasteiger partial charge in [0.25, 0.3) is 5.91 Å². The van der Waals surface area contributed by atoms with Crippen LogP contribution in [0.3, 0.4) is 0 Å². The van der Waals surface area contributed by atoms with E-state index in [9.17, 15) is 4.79 Å². The number of benzene rings is 1. The molecule has 1 amide bonds. The second-order valence-electron chi connectivity index (χ2n) is 6.00. The van der Waals surface area contributed by atoms with E-state index >= 15 is 0 Å². The first kappa shape index (κ1) is 15.6. The smallest absolute Gasteiger partial charge is 0.258 e. The van der Waals surface area contributed by atoms with Crippen LogP contribution in [0.5, 0.6) is 5.75 Å². The number of aliphatic hydroxyl groups excluding tert-OH is 1. The third-order valence-electron chi connectivity index (χ3n) is 4.48. The van der Waals surface area contributed by atoms with Crippen molar-refractivity contribution in [3.05, 3.63) is 29.3 Å². The predicted molar refractivity (Wildman–Crippen MR) is 84.0 cm³/mol. The Kier molecular flexibility index (Phi) is 4.86. The monoisotopic (exact) mass is 324 g/mol. The lowest BCUT2D eigenvalue weighted by atomic mass is 10.1. The second kappa shape index (κ2) is 6.86. The minimum atomic E-state index is -0.0894. The zero-order valence-corrected chi connectivity index (χ0v) is 13.1. The molecule has 0 spiro atoms. The lowest BCUT2D eigenvalue weighted by molar-refractivity contribution is -0.123. The number of amides is 1. The van der Waals surface area contributed by atoms with Crippen LogP contribution in [0.2, 0.25) is 5.02 Å². The number of carbonyl (C=O) groups excluding carboxylic acids is 1. The van der Waals surface area contributed by atoms with E-state index in [1.54, 1.807) is 24.3 Å². The van der Waals surface area contributed by atoms with Crippen LogP contribution in [0.1, 0.15) is 12.8 Å². The van der Waals surface area contributed by atoms with Crippen molar-refractivity contribution in [2.75, 3.05) is 19.8 Å². The molecule has 2 unspecified atom stereocenters. The van der Waals surface area contributed by atoms with Gasteiger partial charge in [0.1, 0.15) is 5.75 Å². The van der Waals surface area contributed by atoms with E-state index in [4.69, 9.17) is 21.4 Å². The normalized spacial score (nSPS) is 29.0. The van der Waals surface area contributed by atoms with Crippen molar-refractivity contribution >= 4 is 17.5 Å². The van der Waals surface area contributed by atoms with Crippen LogP contribution >= 0.6 is 11.6 Å². The summed E-state index contributed by atoms with van der Waals surface area (Å²) < 4.78 is 5.45. The van der Waals surface area contributed by atoms with Gasteiger partial charge < -0.3 is 20.5 Å². The maximum Gasteiger partial charge on any atom is 0.258 e. The number of fused-ring (bicyclic) bond motifs is 1. The predicted octanol–water partition coefficient (Wildman–Crippen LogP) is 1.19. The number of ether oxygens (including phenoxy) is 1.